The Labute approximate surface area is 115 Å². The number of nitrogens with one attached hydrogen (secondary N) is 1. The standard InChI is InChI=1S/C17H35N/c1-5-13-18-16(14-15(6-2)7-3)17(4)11-9-8-10-12-17/h15-16,18H,5-14H2,1-4H3. The molecule has 1 atom stereocenters. The minimum absolute atomic E-state index is 0.565. The highest BCUT2D eigenvalue weighted by Crippen LogP contribution is 2.41. The predicted octanol–water partition coefficient (Wildman–Crippen LogP) is 5.15. The summed E-state index contributed by atoms with van der Waals surface area (Å²) in [5, 5.41) is 3.88. The van der Waals surface area contributed by atoms with Crippen LogP contribution in [0, 0.1) is 11.3 Å². The molecule has 0 saturated heterocycles. The number of hydrogen-bond acceptors (Lipinski definition) is 1. The third-order valence-corrected chi connectivity index (χ3v) is 5.20. The van der Waals surface area contributed by atoms with E-state index in [0.29, 0.717) is 5.41 Å². The Morgan fingerprint density at radius 2 is 1.61 bits per heavy atom. The van der Waals surface area contributed by atoms with Crippen LogP contribution in [0.5, 0.6) is 0 Å². The van der Waals surface area contributed by atoms with Crippen molar-refractivity contribution in [2.45, 2.75) is 91.5 Å². The molecule has 1 rings (SSSR count). The number of rotatable bonds is 8. The van der Waals surface area contributed by atoms with E-state index in [0.717, 1.165) is 12.0 Å². The highest BCUT2D eigenvalue weighted by molar-refractivity contribution is 4.91. The van der Waals surface area contributed by atoms with Gasteiger partial charge in [-0.15, -0.1) is 0 Å². The van der Waals surface area contributed by atoms with E-state index in [1.807, 2.05) is 0 Å². The molecule has 0 spiro atoms. The summed E-state index contributed by atoms with van der Waals surface area (Å²) in [7, 11) is 0. The third kappa shape index (κ3) is 4.57. The highest BCUT2D eigenvalue weighted by atomic mass is 14.9. The van der Waals surface area contributed by atoms with Crippen molar-refractivity contribution in [3.63, 3.8) is 0 Å². The first-order chi connectivity index (χ1) is 8.66. The zero-order chi connectivity index (χ0) is 13.4. The van der Waals surface area contributed by atoms with Crippen molar-refractivity contribution in [1.82, 2.24) is 5.32 Å². The molecule has 18 heavy (non-hydrogen) atoms. The van der Waals surface area contributed by atoms with Crippen LogP contribution in [0.4, 0.5) is 0 Å². The van der Waals surface area contributed by atoms with Gasteiger partial charge in [-0.25, -0.2) is 0 Å². The summed E-state index contributed by atoms with van der Waals surface area (Å²) in [5.74, 6) is 0.915. The van der Waals surface area contributed by atoms with Crippen LogP contribution < -0.4 is 5.32 Å². The van der Waals surface area contributed by atoms with Gasteiger partial charge in [-0.05, 0) is 43.6 Å². The zero-order valence-corrected chi connectivity index (χ0v) is 13.2. The molecule has 1 fully saturated rings. The van der Waals surface area contributed by atoms with Crippen molar-refractivity contribution >= 4 is 0 Å². The predicted molar refractivity (Wildman–Crippen MR) is 82.0 cm³/mol. The molecular formula is C17H35N. The number of hydrogen-bond donors (Lipinski definition) is 1. The molecule has 1 heteroatoms. The Morgan fingerprint density at radius 1 is 1.00 bits per heavy atom. The van der Waals surface area contributed by atoms with Gasteiger partial charge < -0.3 is 5.32 Å². The molecule has 1 unspecified atom stereocenters. The van der Waals surface area contributed by atoms with Gasteiger partial charge in [0.1, 0.15) is 0 Å². The van der Waals surface area contributed by atoms with Crippen LogP contribution in [0.15, 0.2) is 0 Å². The smallest absolute Gasteiger partial charge is 0.0123 e. The summed E-state index contributed by atoms with van der Waals surface area (Å²) in [4.78, 5) is 0. The van der Waals surface area contributed by atoms with Gasteiger partial charge in [-0.2, -0.15) is 0 Å². The Bertz CT molecular complexity index is 202. The molecule has 0 heterocycles. The largest absolute Gasteiger partial charge is 0.313 e. The summed E-state index contributed by atoms with van der Waals surface area (Å²) < 4.78 is 0. The lowest BCUT2D eigenvalue weighted by Gasteiger charge is -2.43. The van der Waals surface area contributed by atoms with E-state index in [4.69, 9.17) is 0 Å². The second-order valence-electron chi connectivity index (χ2n) is 6.64. The zero-order valence-electron chi connectivity index (χ0n) is 13.2. The van der Waals surface area contributed by atoms with E-state index in [9.17, 15) is 0 Å². The van der Waals surface area contributed by atoms with Crippen molar-refractivity contribution < 1.29 is 0 Å². The Kier molecular flexibility index (Phi) is 7.29. The lowest BCUT2D eigenvalue weighted by atomic mass is 9.68. The first-order valence-corrected chi connectivity index (χ1v) is 8.39. The van der Waals surface area contributed by atoms with Crippen molar-refractivity contribution in [1.29, 1.82) is 0 Å². The summed E-state index contributed by atoms with van der Waals surface area (Å²) in [6.07, 6.45) is 12.6. The summed E-state index contributed by atoms with van der Waals surface area (Å²) >= 11 is 0. The van der Waals surface area contributed by atoms with Gasteiger partial charge in [0.05, 0.1) is 0 Å². The lowest BCUT2D eigenvalue weighted by molar-refractivity contribution is 0.123. The quantitative estimate of drug-likeness (QED) is 0.630. The summed E-state index contributed by atoms with van der Waals surface area (Å²) in [6, 6.07) is 0.752. The summed E-state index contributed by atoms with van der Waals surface area (Å²) in [6.45, 7) is 10.7. The van der Waals surface area contributed by atoms with Crippen LogP contribution in [0.2, 0.25) is 0 Å². The molecule has 108 valence electrons. The fraction of sp³-hybridized carbons (Fsp3) is 1.00. The average Bonchev–Trinajstić information content (AvgIpc) is 2.40. The van der Waals surface area contributed by atoms with Crippen LogP contribution in [-0.4, -0.2) is 12.6 Å². The lowest BCUT2D eigenvalue weighted by Crippen LogP contribution is -2.46. The maximum Gasteiger partial charge on any atom is 0.0123 e. The van der Waals surface area contributed by atoms with Gasteiger partial charge in [-0.1, -0.05) is 59.8 Å². The van der Waals surface area contributed by atoms with Crippen LogP contribution in [-0.2, 0) is 0 Å². The SMILES string of the molecule is CCCNC(CC(CC)CC)C1(C)CCCCC1. The van der Waals surface area contributed by atoms with E-state index < -0.39 is 0 Å². The van der Waals surface area contributed by atoms with E-state index in [2.05, 4.69) is 33.0 Å². The first-order valence-electron chi connectivity index (χ1n) is 8.39. The van der Waals surface area contributed by atoms with Gasteiger partial charge in [-0.3, -0.25) is 0 Å². The van der Waals surface area contributed by atoms with Gasteiger partial charge in [0.25, 0.3) is 0 Å². The molecule has 1 aliphatic carbocycles. The first kappa shape index (κ1) is 16.0. The fourth-order valence-corrected chi connectivity index (χ4v) is 3.60. The highest BCUT2D eigenvalue weighted by Gasteiger charge is 2.35. The second-order valence-corrected chi connectivity index (χ2v) is 6.64. The normalized spacial score (nSPS) is 21.2. The molecule has 0 radical (unpaired) electrons. The molecule has 0 aliphatic heterocycles. The molecule has 0 aromatic carbocycles. The van der Waals surface area contributed by atoms with Crippen molar-refractivity contribution in [3.8, 4) is 0 Å². The van der Waals surface area contributed by atoms with Crippen LogP contribution in [0.3, 0.4) is 0 Å². The molecule has 0 aromatic rings. The van der Waals surface area contributed by atoms with E-state index in [1.165, 1.54) is 64.3 Å². The minimum atomic E-state index is 0.565. The molecule has 1 N–H and O–H groups in total. The molecule has 1 saturated carbocycles. The van der Waals surface area contributed by atoms with Crippen molar-refractivity contribution in [3.05, 3.63) is 0 Å². The van der Waals surface area contributed by atoms with Crippen LogP contribution in [0.25, 0.3) is 0 Å². The topological polar surface area (TPSA) is 12.0 Å². The van der Waals surface area contributed by atoms with E-state index >= 15 is 0 Å². The average molecular weight is 253 g/mol. The van der Waals surface area contributed by atoms with Crippen molar-refractivity contribution in [2.24, 2.45) is 11.3 Å². The maximum absolute atomic E-state index is 3.88. The second kappa shape index (κ2) is 8.19. The molecular weight excluding hydrogens is 218 g/mol. The van der Waals surface area contributed by atoms with Gasteiger partial charge in [0.2, 0.25) is 0 Å². The molecule has 0 amide bonds. The van der Waals surface area contributed by atoms with Crippen LogP contribution >= 0.6 is 0 Å². The Morgan fingerprint density at radius 3 is 2.11 bits per heavy atom. The van der Waals surface area contributed by atoms with Crippen molar-refractivity contribution in [2.75, 3.05) is 6.54 Å². The Hall–Kier alpha value is -0.0400. The summed E-state index contributed by atoms with van der Waals surface area (Å²) in [5.41, 5.74) is 0.565. The fourth-order valence-electron chi connectivity index (χ4n) is 3.60. The van der Waals surface area contributed by atoms with Gasteiger partial charge >= 0.3 is 0 Å². The molecule has 0 aromatic heterocycles. The Balaban J connectivity index is 2.62. The van der Waals surface area contributed by atoms with Crippen LogP contribution in [0.1, 0.15) is 85.5 Å². The van der Waals surface area contributed by atoms with Gasteiger partial charge in [0, 0.05) is 6.04 Å². The third-order valence-electron chi connectivity index (χ3n) is 5.20. The molecule has 1 nitrogen and oxygen atoms in total. The minimum Gasteiger partial charge on any atom is -0.313 e. The maximum atomic E-state index is 3.88. The van der Waals surface area contributed by atoms with Gasteiger partial charge in [0.15, 0.2) is 0 Å². The molecule has 0 bridgehead atoms. The van der Waals surface area contributed by atoms with E-state index in [-0.39, 0.29) is 0 Å². The van der Waals surface area contributed by atoms with E-state index in [1.54, 1.807) is 0 Å². The monoisotopic (exact) mass is 253 g/mol. The molecule has 1 aliphatic rings.